The fraction of sp³-hybridized carbons (Fsp3) is 0.435. The van der Waals surface area contributed by atoms with Crippen LogP contribution in [-0.2, 0) is 12.8 Å². The van der Waals surface area contributed by atoms with Crippen molar-refractivity contribution in [3.05, 3.63) is 130 Å². The van der Waals surface area contributed by atoms with Crippen LogP contribution >= 0.6 is 11.6 Å². The van der Waals surface area contributed by atoms with E-state index in [9.17, 15) is 46.1 Å². The second-order valence-electron chi connectivity index (χ2n) is 15.5. The van der Waals surface area contributed by atoms with Crippen molar-refractivity contribution in [1.29, 1.82) is 0 Å². The molecule has 4 aromatic rings. The number of aryl methyl sites for hydroxylation is 2. The molecule has 8 nitrogen and oxygen atoms in total. The van der Waals surface area contributed by atoms with E-state index in [4.69, 9.17) is 11.6 Å². The minimum Gasteiger partial charge on any atom is -0.406 e. The molecule has 2 saturated heterocycles. The van der Waals surface area contributed by atoms with Gasteiger partial charge in [-0.15, -0.1) is 37.9 Å². The summed E-state index contributed by atoms with van der Waals surface area (Å²) >= 11 is 5.46. The predicted octanol–water partition coefficient (Wildman–Crippen LogP) is 9.58. The minimum atomic E-state index is -4.71. The average molecular weight is 879 g/mol. The van der Waals surface area contributed by atoms with Crippen LogP contribution in [0.5, 0.6) is 11.5 Å². The van der Waals surface area contributed by atoms with Crippen molar-refractivity contribution in [3.63, 3.8) is 0 Å². The number of nitrogens with one attached hydrogen (secondary N) is 1. The molecule has 2 aliphatic heterocycles. The van der Waals surface area contributed by atoms with Crippen molar-refractivity contribution in [3.8, 4) is 11.5 Å². The zero-order chi connectivity index (χ0) is 44.7. The normalized spacial score (nSPS) is 16.2. The van der Waals surface area contributed by atoms with E-state index in [1.165, 1.54) is 24.3 Å². The third-order valence-electron chi connectivity index (χ3n) is 10.4. The summed E-state index contributed by atoms with van der Waals surface area (Å²) in [5, 5.41) is 24.4. The Hall–Kier alpha value is -4.47. The zero-order valence-electron chi connectivity index (χ0n) is 34.3. The Morgan fingerprint density at radius 3 is 1.38 bits per heavy atom. The third-order valence-corrected chi connectivity index (χ3v) is 10.6. The first-order valence-electron chi connectivity index (χ1n) is 20.0. The first kappa shape index (κ1) is 49.2. The summed E-state index contributed by atoms with van der Waals surface area (Å²) in [7, 11) is 0. The monoisotopic (exact) mass is 878 g/mol. The van der Waals surface area contributed by atoms with Gasteiger partial charge >= 0.3 is 12.7 Å². The highest BCUT2D eigenvalue weighted by Gasteiger charge is 2.34. The topological polar surface area (TPSA) is 108 Å². The largest absolute Gasteiger partial charge is 0.573 e. The summed E-state index contributed by atoms with van der Waals surface area (Å²) in [6.07, 6.45) is -5.33. The van der Waals surface area contributed by atoms with Crippen molar-refractivity contribution in [2.75, 3.05) is 38.6 Å². The molecule has 2 aliphatic rings. The number of likely N-dealkylation sites (tertiary alicyclic amines) is 1. The van der Waals surface area contributed by atoms with Gasteiger partial charge in [-0.2, -0.15) is 0 Å². The van der Waals surface area contributed by atoms with E-state index in [1.54, 1.807) is 24.3 Å². The van der Waals surface area contributed by atoms with Gasteiger partial charge < -0.3 is 29.9 Å². The Labute approximate surface area is 357 Å². The molecule has 0 amide bonds. The predicted molar refractivity (Wildman–Crippen MR) is 222 cm³/mol. The standard InChI is InChI=1S/C23H26F3NO3.C13H16F3NO2.C10H11ClO/c1-17-2-6-19(7-3-17)21(28)10-13-27-14-11-22(29,12-15-27)16-18-4-8-20(9-5-18)30-23(24,25)26;14-13(15,16)19-11-3-1-10(2-4-11)9-12(18)5-7-17-8-6-12;1-8-2-4-9(5-3-8)10(12)6-7-11/h2-9,29H,10-16H2,1H3;1-4,17-18H,5-9H2;2-5H,6-7H2,1H3. The lowest BCUT2D eigenvalue weighted by Gasteiger charge is -2.38. The van der Waals surface area contributed by atoms with Crippen LogP contribution in [0.1, 0.15) is 81.5 Å². The van der Waals surface area contributed by atoms with Crippen LogP contribution in [0.2, 0.25) is 0 Å². The molecular weight excluding hydrogens is 826 g/mol. The smallest absolute Gasteiger partial charge is 0.406 e. The molecule has 0 atom stereocenters. The molecule has 0 radical (unpaired) electrons. The molecule has 0 saturated carbocycles. The van der Waals surface area contributed by atoms with Gasteiger partial charge in [-0.1, -0.05) is 83.9 Å². The maximum Gasteiger partial charge on any atom is 0.573 e. The van der Waals surface area contributed by atoms with Gasteiger partial charge in [0.05, 0.1) is 11.2 Å². The fourth-order valence-corrected chi connectivity index (χ4v) is 7.10. The van der Waals surface area contributed by atoms with Crippen molar-refractivity contribution in [2.24, 2.45) is 0 Å². The Kier molecular flexibility index (Phi) is 18.2. The van der Waals surface area contributed by atoms with Crippen molar-refractivity contribution in [1.82, 2.24) is 10.2 Å². The number of rotatable bonds is 13. The molecule has 4 aromatic carbocycles. The second-order valence-corrected chi connectivity index (χ2v) is 15.9. The summed E-state index contributed by atoms with van der Waals surface area (Å²) in [5.74, 6) is 0.106. The van der Waals surface area contributed by atoms with E-state index < -0.39 is 23.9 Å². The van der Waals surface area contributed by atoms with Crippen molar-refractivity contribution < 1.29 is 55.6 Å². The zero-order valence-corrected chi connectivity index (χ0v) is 35.0. The maximum atomic E-state index is 12.3. The highest BCUT2D eigenvalue weighted by molar-refractivity contribution is 6.19. The van der Waals surface area contributed by atoms with Crippen LogP contribution in [-0.4, -0.2) is 89.2 Å². The number of carbonyl (C=O) groups excluding carboxylic acids is 2. The summed E-state index contributed by atoms with van der Waals surface area (Å²) in [5.41, 5.74) is 3.64. The fourth-order valence-electron chi connectivity index (χ4n) is 6.93. The molecule has 2 fully saturated rings. The first-order chi connectivity index (χ1) is 28.7. The molecular formula is C46H53ClF6N2O6. The van der Waals surface area contributed by atoms with Crippen molar-refractivity contribution in [2.45, 2.75) is 89.1 Å². The third kappa shape index (κ3) is 18.2. The van der Waals surface area contributed by atoms with E-state index in [0.717, 1.165) is 40.9 Å². The SMILES string of the molecule is Cc1ccc(C(=O)CCCl)cc1.Cc1ccc(C(=O)CCN2CCC(O)(Cc3ccc(OC(F)(F)F)cc3)CC2)cc1.OC1(Cc2ccc(OC(F)(F)F)cc2)CCNCC1. The molecule has 0 unspecified atom stereocenters. The quantitative estimate of drug-likeness (QED) is 0.0693. The molecule has 3 N–H and O–H groups in total. The molecule has 0 bridgehead atoms. The highest BCUT2D eigenvalue weighted by Crippen LogP contribution is 2.30. The van der Waals surface area contributed by atoms with E-state index in [1.807, 2.05) is 62.4 Å². The number of hydrogen-bond donors (Lipinski definition) is 3. The van der Waals surface area contributed by atoms with Gasteiger partial charge in [0.25, 0.3) is 0 Å². The summed E-state index contributed by atoms with van der Waals surface area (Å²) < 4.78 is 80.4. The minimum absolute atomic E-state index is 0.108. The number of hydrogen-bond acceptors (Lipinski definition) is 8. The Balaban J connectivity index is 0.000000224. The number of piperidine rings is 2. The lowest BCUT2D eigenvalue weighted by atomic mass is 9.85. The number of benzene rings is 4. The number of aliphatic hydroxyl groups is 2. The molecule has 15 heteroatoms. The number of alkyl halides is 7. The van der Waals surface area contributed by atoms with Crippen LogP contribution in [0.15, 0.2) is 97.1 Å². The van der Waals surface area contributed by atoms with Gasteiger partial charge in [-0.3, -0.25) is 9.59 Å². The highest BCUT2D eigenvalue weighted by atomic mass is 35.5. The Morgan fingerprint density at radius 1 is 0.623 bits per heavy atom. The number of Topliss-reactive ketones (excluding diaryl/α,β-unsaturated/α-hetero) is 2. The average Bonchev–Trinajstić information content (AvgIpc) is 3.19. The Morgan fingerprint density at radius 2 is 1.00 bits per heavy atom. The summed E-state index contributed by atoms with van der Waals surface area (Å²) in [6, 6.07) is 26.4. The van der Waals surface area contributed by atoms with Crippen LogP contribution in [0.3, 0.4) is 0 Å². The molecule has 61 heavy (non-hydrogen) atoms. The van der Waals surface area contributed by atoms with Crippen LogP contribution < -0.4 is 14.8 Å². The lowest BCUT2D eigenvalue weighted by Crippen LogP contribution is -2.46. The first-order valence-corrected chi connectivity index (χ1v) is 20.6. The molecule has 0 spiro atoms. The molecule has 6 rings (SSSR count). The van der Waals surface area contributed by atoms with Gasteiger partial charge in [0.15, 0.2) is 11.6 Å². The molecule has 0 aliphatic carbocycles. The second kappa shape index (κ2) is 22.6. The summed E-state index contributed by atoms with van der Waals surface area (Å²) in [4.78, 5) is 25.8. The van der Waals surface area contributed by atoms with E-state index in [0.29, 0.717) is 82.4 Å². The maximum absolute atomic E-state index is 12.3. The van der Waals surface area contributed by atoms with E-state index in [2.05, 4.69) is 19.7 Å². The van der Waals surface area contributed by atoms with Gasteiger partial charge in [0.2, 0.25) is 0 Å². The Bertz CT molecular complexity index is 1940. The van der Waals surface area contributed by atoms with Crippen LogP contribution in [0, 0.1) is 13.8 Å². The van der Waals surface area contributed by atoms with Crippen LogP contribution in [0.4, 0.5) is 26.3 Å². The van der Waals surface area contributed by atoms with Crippen LogP contribution in [0.25, 0.3) is 0 Å². The number of nitrogens with zero attached hydrogens (tertiary/aromatic N) is 1. The van der Waals surface area contributed by atoms with Gasteiger partial charge in [0, 0.05) is 62.3 Å². The number of halogens is 7. The van der Waals surface area contributed by atoms with E-state index in [-0.39, 0.29) is 23.1 Å². The molecule has 0 aromatic heterocycles. The van der Waals surface area contributed by atoms with Gasteiger partial charge in [-0.05, 0) is 88.0 Å². The number of carbonyl (C=O) groups is 2. The van der Waals surface area contributed by atoms with E-state index >= 15 is 0 Å². The van der Waals surface area contributed by atoms with Crippen molar-refractivity contribution >= 4 is 23.2 Å². The van der Waals surface area contributed by atoms with Gasteiger partial charge in [0.1, 0.15) is 11.5 Å². The number of ether oxygens (including phenoxy) is 2. The molecule has 2 heterocycles. The summed E-state index contributed by atoms with van der Waals surface area (Å²) in [6.45, 7) is 7.48. The lowest BCUT2D eigenvalue weighted by molar-refractivity contribution is -0.275. The number of ketones is 2. The van der Waals surface area contributed by atoms with Gasteiger partial charge in [-0.25, -0.2) is 0 Å². The molecule has 332 valence electrons.